The van der Waals surface area contributed by atoms with Gasteiger partial charge in [-0.05, 0) is 18.4 Å². The second kappa shape index (κ2) is 3.36. The van der Waals surface area contributed by atoms with E-state index in [9.17, 15) is 0 Å². The van der Waals surface area contributed by atoms with E-state index in [1.54, 1.807) is 19.2 Å². The molecule has 0 spiro atoms. The zero-order chi connectivity index (χ0) is 10.1. The fourth-order valence-corrected chi connectivity index (χ4v) is 1.38. The second-order valence-electron chi connectivity index (χ2n) is 3.76. The van der Waals surface area contributed by atoms with Gasteiger partial charge in [-0.15, -0.1) is 0 Å². The third-order valence-corrected chi connectivity index (χ3v) is 2.54. The Hall–Kier alpha value is -1.45. The molecule has 14 heavy (non-hydrogen) atoms. The fraction of sp³-hybridized carbons (Fsp3) is 0.500. The SMILES string of the molecule is COc1ccc(N)c(NC2CC2C)n1. The number of nitrogens with zero attached hydrogens (tertiary/aromatic N) is 1. The molecule has 1 heterocycles. The van der Waals surface area contributed by atoms with Gasteiger partial charge in [0, 0.05) is 12.1 Å². The standard InChI is InChI=1S/C10H15N3O/c1-6-5-8(6)12-10-7(11)3-4-9(13-10)14-2/h3-4,6,8H,5,11H2,1-2H3,(H,12,13). The summed E-state index contributed by atoms with van der Waals surface area (Å²) in [5.74, 6) is 2.05. The van der Waals surface area contributed by atoms with E-state index in [4.69, 9.17) is 10.5 Å². The Labute approximate surface area is 83.5 Å². The zero-order valence-corrected chi connectivity index (χ0v) is 8.45. The molecule has 0 amide bonds. The van der Waals surface area contributed by atoms with Crippen LogP contribution in [0.1, 0.15) is 13.3 Å². The number of methoxy groups -OCH3 is 1. The summed E-state index contributed by atoms with van der Waals surface area (Å²) in [6, 6.07) is 4.09. The molecule has 3 N–H and O–H groups in total. The van der Waals surface area contributed by atoms with Gasteiger partial charge in [0.2, 0.25) is 5.88 Å². The van der Waals surface area contributed by atoms with Crippen LogP contribution < -0.4 is 15.8 Å². The Morgan fingerprint density at radius 1 is 1.57 bits per heavy atom. The lowest BCUT2D eigenvalue weighted by atomic mass is 10.3. The largest absolute Gasteiger partial charge is 0.481 e. The third-order valence-electron chi connectivity index (χ3n) is 2.54. The molecule has 2 unspecified atom stereocenters. The van der Waals surface area contributed by atoms with Gasteiger partial charge in [-0.25, -0.2) is 0 Å². The molecule has 0 radical (unpaired) electrons. The molecule has 1 aliphatic rings. The van der Waals surface area contributed by atoms with Crippen molar-refractivity contribution in [2.24, 2.45) is 5.92 Å². The molecule has 0 aliphatic heterocycles. The van der Waals surface area contributed by atoms with Crippen molar-refractivity contribution in [3.8, 4) is 5.88 Å². The number of hydrogen-bond donors (Lipinski definition) is 2. The average molecular weight is 193 g/mol. The van der Waals surface area contributed by atoms with Gasteiger partial charge < -0.3 is 15.8 Å². The normalized spacial score (nSPS) is 24.4. The maximum Gasteiger partial charge on any atom is 0.215 e. The maximum atomic E-state index is 5.79. The molecule has 1 aromatic rings. The summed E-state index contributed by atoms with van der Waals surface area (Å²) in [5, 5.41) is 3.29. The van der Waals surface area contributed by atoms with Crippen molar-refractivity contribution < 1.29 is 4.74 Å². The average Bonchev–Trinajstić information content (AvgIpc) is 2.86. The minimum absolute atomic E-state index is 0.525. The van der Waals surface area contributed by atoms with E-state index in [-0.39, 0.29) is 0 Å². The Morgan fingerprint density at radius 2 is 2.29 bits per heavy atom. The van der Waals surface area contributed by atoms with Crippen molar-refractivity contribution in [3.05, 3.63) is 12.1 Å². The summed E-state index contributed by atoms with van der Waals surface area (Å²) >= 11 is 0. The molecule has 4 nitrogen and oxygen atoms in total. The smallest absolute Gasteiger partial charge is 0.215 e. The minimum Gasteiger partial charge on any atom is -0.481 e. The lowest BCUT2D eigenvalue weighted by Gasteiger charge is -2.08. The molecule has 1 fully saturated rings. The van der Waals surface area contributed by atoms with E-state index in [0.29, 0.717) is 17.6 Å². The highest BCUT2D eigenvalue weighted by Crippen LogP contribution is 2.34. The van der Waals surface area contributed by atoms with Crippen molar-refractivity contribution in [1.29, 1.82) is 0 Å². The highest BCUT2D eigenvalue weighted by molar-refractivity contribution is 5.62. The van der Waals surface area contributed by atoms with Gasteiger partial charge in [0.15, 0.2) is 5.82 Å². The van der Waals surface area contributed by atoms with Crippen molar-refractivity contribution in [2.75, 3.05) is 18.2 Å². The molecule has 0 bridgehead atoms. The van der Waals surface area contributed by atoms with Crippen molar-refractivity contribution in [1.82, 2.24) is 4.98 Å². The first-order chi connectivity index (χ1) is 6.70. The van der Waals surface area contributed by atoms with Gasteiger partial charge in [0.1, 0.15) is 0 Å². The minimum atomic E-state index is 0.525. The summed E-state index contributed by atoms with van der Waals surface area (Å²) in [5.41, 5.74) is 6.46. The molecule has 2 rings (SSSR count). The maximum absolute atomic E-state index is 5.79. The van der Waals surface area contributed by atoms with Crippen LogP contribution in [0.3, 0.4) is 0 Å². The first kappa shape index (κ1) is 9.12. The van der Waals surface area contributed by atoms with Crippen LogP contribution in [-0.2, 0) is 0 Å². The first-order valence-electron chi connectivity index (χ1n) is 4.77. The highest BCUT2D eigenvalue weighted by Gasteiger charge is 2.33. The fourth-order valence-electron chi connectivity index (χ4n) is 1.38. The quantitative estimate of drug-likeness (QED) is 0.763. The van der Waals surface area contributed by atoms with Crippen LogP contribution in [0.5, 0.6) is 5.88 Å². The molecule has 1 aliphatic carbocycles. The van der Waals surface area contributed by atoms with E-state index < -0.39 is 0 Å². The van der Waals surface area contributed by atoms with Gasteiger partial charge in [-0.1, -0.05) is 6.92 Å². The number of nitrogen functional groups attached to an aromatic ring is 1. The van der Waals surface area contributed by atoms with Gasteiger partial charge in [0.25, 0.3) is 0 Å². The van der Waals surface area contributed by atoms with E-state index in [1.165, 1.54) is 6.42 Å². The predicted octanol–water partition coefficient (Wildman–Crippen LogP) is 1.49. The van der Waals surface area contributed by atoms with Crippen LogP contribution in [0, 0.1) is 5.92 Å². The Balaban J connectivity index is 2.14. The molecular weight excluding hydrogens is 178 g/mol. The van der Waals surface area contributed by atoms with Gasteiger partial charge in [-0.2, -0.15) is 4.98 Å². The molecule has 0 saturated heterocycles. The molecule has 4 heteroatoms. The van der Waals surface area contributed by atoms with Crippen molar-refractivity contribution in [2.45, 2.75) is 19.4 Å². The Morgan fingerprint density at radius 3 is 2.86 bits per heavy atom. The summed E-state index contributed by atoms with van der Waals surface area (Å²) in [4.78, 5) is 4.25. The summed E-state index contributed by atoms with van der Waals surface area (Å²) in [7, 11) is 1.60. The number of ether oxygens (including phenoxy) is 1. The van der Waals surface area contributed by atoms with E-state index in [0.717, 1.165) is 11.7 Å². The summed E-state index contributed by atoms with van der Waals surface area (Å²) < 4.78 is 5.03. The van der Waals surface area contributed by atoms with E-state index >= 15 is 0 Å². The lowest BCUT2D eigenvalue weighted by Crippen LogP contribution is -2.08. The van der Waals surface area contributed by atoms with Crippen molar-refractivity contribution >= 4 is 11.5 Å². The van der Waals surface area contributed by atoms with Crippen LogP contribution in [0.2, 0.25) is 0 Å². The molecule has 76 valence electrons. The number of anilines is 2. The first-order valence-corrected chi connectivity index (χ1v) is 4.77. The lowest BCUT2D eigenvalue weighted by molar-refractivity contribution is 0.398. The molecule has 1 aromatic heterocycles. The summed E-state index contributed by atoms with van der Waals surface area (Å²) in [6.45, 7) is 2.20. The number of hydrogen-bond acceptors (Lipinski definition) is 4. The monoisotopic (exact) mass is 193 g/mol. The predicted molar refractivity (Wildman–Crippen MR) is 56.4 cm³/mol. The van der Waals surface area contributed by atoms with E-state index in [1.807, 2.05) is 0 Å². The number of nitrogens with two attached hydrogens (primary N) is 1. The number of rotatable bonds is 3. The highest BCUT2D eigenvalue weighted by atomic mass is 16.5. The van der Waals surface area contributed by atoms with Crippen LogP contribution in [0.4, 0.5) is 11.5 Å². The van der Waals surface area contributed by atoms with Gasteiger partial charge in [-0.3, -0.25) is 0 Å². The second-order valence-corrected chi connectivity index (χ2v) is 3.76. The topological polar surface area (TPSA) is 60.2 Å². The number of nitrogens with one attached hydrogen (secondary N) is 1. The van der Waals surface area contributed by atoms with Crippen LogP contribution in [0.25, 0.3) is 0 Å². The summed E-state index contributed by atoms with van der Waals surface area (Å²) in [6.07, 6.45) is 1.19. The Kier molecular flexibility index (Phi) is 2.19. The number of pyridine rings is 1. The van der Waals surface area contributed by atoms with Crippen LogP contribution >= 0.6 is 0 Å². The number of aromatic nitrogens is 1. The molecule has 0 aromatic carbocycles. The molecular formula is C10H15N3O. The molecule has 2 atom stereocenters. The van der Waals surface area contributed by atoms with Crippen molar-refractivity contribution in [3.63, 3.8) is 0 Å². The van der Waals surface area contributed by atoms with Gasteiger partial charge in [0.05, 0.1) is 12.8 Å². The zero-order valence-electron chi connectivity index (χ0n) is 8.45. The van der Waals surface area contributed by atoms with Crippen LogP contribution in [0.15, 0.2) is 12.1 Å². The third kappa shape index (κ3) is 1.73. The van der Waals surface area contributed by atoms with E-state index in [2.05, 4.69) is 17.2 Å². The molecule has 1 saturated carbocycles. The van der Waals surface area contributed by atoms with Gasteiger partial charge >= 0.3 is 0 Å². The Bertz CT molecular complexity index is 340. The van der Waals surface area contributed by atoms with Crippen LogP contribution in [-0.4, -0.2) is 18.1 Å².